The summed E-state index contributed by atoms with van der Waals surface area (Å²) in [4.78, 5) is 11.0. The van der Waals surface area contributed by atoms with Crippen molar-refractivity contribution in [1.82, 2.24) is 5.32 Å². The highest BCUT2D eigenvalue weighted by atomic mass is 35.5. The molecule has 1 aliphatic heterocycles. The number of hydrogen-bond donors (Lipinski definition) is 1. The van der Waals surface area contributed by atoms with Gasteiger partial charge < -0.3 is 10.1 Å². The Hall–Kier alpha value is -0.280. The van der Waals surface area contributed by atoms with Crippen molar-refractivity contribution in [3.8, 4) is 0 Å². The van der Waals surface area contributed by atoms with Crippen molar-refractivity contribution >= 4 is 18.4 Å². The normalized spacial score (nSPS) is 29.3. The number of esters is 1. The van der Waals surface area contributed by atoms with Gasteiger partial charge >= 0.3 is 5.97 Å². The van der Waals surface area contributed by atoms with Crippen molar-refractivity contribution in [3.05, 3.63) is 0 Å². The fourth-order valence-corrected chi connectivity index (χ4v) is 1.28. The number of hydrogen-bond acceptors (Lipinski definition) is 3. The van der Waals surface area contributed by atoms with Crippen molar-refractivity contribution in [3.63, 3.8) is 0 Å². The molecular formula is C7H14ClNO2. The van der Waals surface area contributed by atoms with E-state index in [1.165, 1.54) is 7.11 Å². The lowest BCUT2D eigenvalue weighted by Gasteiger charge is -2.09. The number of halogens is 1. The molecule has 0 amide bonds. The lowest BCUT2D eigenvalue weighted by Crippen LogP contribution is -2.22. The third kappa shape index (κ3) is 2.34. The zero-order valence-corrected chi connectivity index (χ0v) is 7.61. The van der Waals surface area contributed by atoms with Crippen molar-refractivity contribution in [2.24, 2.45) is 11.8 Å². The van der Waals surface area contributed by atoms with Gasteiger partial charge in [0.25, 0.3) is 0 Å². The number of carbonyl (C=O) groups excluding carboxylic acids is 1. The average Bonchev–Trinajstić information content (AvgIpc) is 2.34. The summed E-state index contributed by atoms with van der Waals surface area (Å²) in [6.45, 7) is 3.76. The second kappa shape index (κ2) is 4.57. The van der Waals surface area contributed by atoms with Gasteiger partial charge in [-0.15, -0.1) is 12.4 Å². The van der Waals surface area contributed by atoms with Crippen LogP contribution in [0.2, 0.25) is 0 Å². The van der Waals surface area contributed by atoms with Crippen LogP contribution in [0.15, 0.2) is 0 Å². The standard InChI is InChI=1S/C7H13NO2.ClH/c1-5-3-8-4-6(5)7(9)10-2;/h5-6,8H,3-4H2,1-2H3;1H. The van der Waals surface area contributed by atoms with Gasteiger partial charge in [-0.2, -0.15) is 0 Å². The minimum atomic E-state index is -0.0856. The second-order valence-corrected chi connectivity index (χ2v) is 2.77. The average molecular weight is 180 g/mol. The summed E-state index contributed by atoms with van der Waals surface area (Å²) in [6.07, 6.45) is 0. The molecule has 0 aromatic heterocycles. The molecule has 1 heterocycles. The van der Waals surface area contributed by atoms with Crippen LogP contribution in [0.4, 0.5) is 0 Å². The maximum absolute atomic E-state index is 11.0. The van der Waals surface area contributed by atoms with Gasteiger partial charge in [0.2, 0.25) is 0 Å². The van der Waals surface area contributed by atoms with Crippen LogP contribution in [0.25, 0.3) is 0 Å². The Balaban J connectivity index is 0.000001000. The molecule has 1 saturated heterocycles. The van der Waals surface area contributed by atoms with Crippen LogP contribution >= 0.6 is 12.4 Å². The maximum atomic E-state index is 11.0. The summed E-state index contributed by atoms with van der Waals surface area (Å²) < 4.78 is 4.63. The Morgan fingerprint density at radius 2 is 2.18 bits per heavy atom. The molecule has 0 saturated carbocycles. The van der Waals surface area contributed by atoms with Crippen LogP contribution in [0.3, 0.4) is 0 Å². The first kappa shape index (κ1) is 10.7. The molecule has 0 aliphatic carbocycles. The summed E-state index contributed by atoms with van der Waals surface area (Å²) in [5.74, 6) is 0.412. The SMILES string of the molecule is COC(=O)C1CNCC1C.Cl. The molecule has 1 N–H and O–H groups in total. The summed E-state index contributed by atoms with van der Waals surface area (Å²) in [5.41, 5.74) is 0. The number of carbonyl (C=O) groups is 1. The topological polar surface area (TPSA) is 38.3 Å². The van der Waals surface area contributed by atoms with Gasteiger partial charge in [0.1, 0.15) is 0 Å². The van der Waals surface area contributed by atoms with Crippen LogP contribution in [0.1, 0.15) is 6.92 Å². The molecule has 0 aromatic rings. The van der Waals surface area contributed by atoms with Crippen molar-refractivity contribution in [2.45, 2.75) is 6.92 Å². The maximum Gasteiger partial charge on any atom is 0.310 e. The zero-order chi connectivity index (χ0) is 7.56. The first-order valence-electron chi connectivity index (χ1n) is 3.54. The molecule has 4 heteroatoms. The highest BCUT2D eigenvalue weighted by molar-refractivity contribution is 5.85. The van der Waals surface area contributed by atoms with Gasteiger partial charge in [-0.1, -0.05) is 6.92 Å². The van der Waals surface area contributed by atoms with Crippen molar-refractivity contribution < 1.29 is 9.53 Å². The quantitative estimate of drug-likeness (QED) is 0.594. The molecule has 0 radical (unpaired) electrons. The molecule has 11 heavy (non-hydrogen) atoms. The lowest BCUT2D eigenvalue weighted by atomic mass is 9.99. The summed E-state index contributed by atoms with van der Waals surface area (Å²) >= 11 is 0. The van der Waals surface area contributed by atoms with E-state index < -0.39 is 0 Å². The van der Waals surface area contributed by atoms with Crippen LogP contribution in [0.5, 0.6) is 0 Å². The van der Waals surface area contributed by atoms with Gasteiger partial charge in [-0.3, -0.25) is 4.79 Å². The summed E-state index contributed by atoms with van der Waals surface area (Å²) in [7, 11) is 1.44. The van der Waals surface area contributed by atoms with Crippen molar-refractivity contribution in [2.75, 3.05) is 20.2 Å². The van der Waals surface area contributed by atoms with Gasteiger partial charge in [0, 0.05) is 6.54 Å². The van der Waals surface area contributed by atoms with Gasteiger partial charge in [-0.25, -0.2) is 0 Å². The largest absolute Gasteiger partial charge is 0.469 e. The molecule has 66 valence electrons. The Kier molecular flexibility index (Phi) is 4.45. The molecule has 1 fully saturated rings. The van der Waals surface area contributed by atoms with Gasteiger partial charge in [0.15, 0.2) is 0 Å². The monoisotopic (exact) mass is 179 g/mol. The molecule has 2 unspecified atom stereocenters. The van der Waals surface area contributed by atoms with E-state index in [1.54, 1.807) is 0 Å². The first-order chi connectivity index (χ1) is 4.75. The smallest absolute Gasteiger partial charge is 0.310 e. The van der Waals surface area contributed by atoms with Crippen LogP contribution < -0.4 is 5.32 Å². The van der Waals surface area contributed by atoms with E-state index in [0.717, 1.165) is 13.1 Å². The minimum absolute atomic E-state index is 0. The van der Waals surface area contributed by atoms with E-state index in [2.05, 4.69) is 17.0 Å². The van der Waals surface area contributed by atoms with E-state index in [0.29, 0.717) is 5.92 Å². The highest BCUT2D eigenvalue weighted by Crippen LogP contribution is 2.16. The molecule has 3 nitrogen and oxygen atoms in total. The highest BCUT2D eigenvalue weighted by Gasteiger charge is 2.29. The molecule has 2 atom stereocenters. The van der Waals surface area contributed by atoms with Crippen LogP contribution in [0, 0.1) is 11.8 Å². The zero-order valence-electron chi connectivity index (χ0n) is 6.79. The molecule has 0 aromatic carbocycles. The molecule has 0 spiro atoms. The molecule has 1 rings (SSSR count). The van der Waals surface area contributed by atoms with E-state index in [-0.39, 0.29) is 24.3 Å². The third-order valence-corrected chi connectivity index (χ3v) is 2.02. The summed E-state index contributed by atoms with van der Waals surface area (Å²) in [5, 5.41) is 3.14. The van der Waals surface area contributed by atoms with E-state index in [1.807, 2.05) is 0 Å². The molecule has 0 bridgehead atoms. The number of methoxy groups -OCH3 is 1. The molecular weight excluding hydrogens is 166 g/mol. The van der Waals surface area contributed by atoms with Crippen molar-refractivity contribution in [1.29, 1.82) is 0 Å². The molecule has 1 aliphatic rings. The van der Waals surface area contributed by atoms with Gasteiger partial charge in [-0.05, 0) is 12.5 Å². The van der Waals surface area contributed by atoms with Crippen LogP contribution in [-0.2, 0) is 9.53 Å². The predicted octanol–water partition coefficient (Wildman–Crippen LogP) is 0.437. The minimum Gasteiger partial charge on any atom is -0.469 e. The lowest BCUT2D eigenvalue weighted by molar-refractivity contribution is -0.145. The van der Waals surface area contributed by atoms with Gasteiger partial charge in [0.05, 0.1) is 13.0 Å². The predicted molar refractivity (Wildman–Crippen MR) is 44.8 cm³/mol. The fraction of sp³-hybridized carbons (Fsp3) is 0.857. The Labute approximate surface area is 72.9 Å². The van der Waals surface area contributed by atoms with E-state index in [9.17, 15) is 4.79 Å². The Morgan fingerprint density at radius 3 is 2.55 bits per heavy atom. The number of nitrogens with one attached hydrogen (secondary N) is 1. The number of rotatable bonds is 1. The van der Waals surface area contributed by atoms with Crippen LogP contribution in [-0.4, -0.2) is 26.2 Å². The fourth-order valence-electron chi connectivity index (χ4n) is 1.28. The Bertz CT molecular complexity index is 140. The summed E-state index contributed by atoms with van der Waals surface area (Å²) in [6, 6.07) is 0. The Morgan fingerprint density at radius 1 is 1.55 bits per heavy atom. The third-order valence-electron chi connectivity index (χ3n) is 2.02. The number of ether oxygens (including phenoxy) is 1. The first-order valence-corrected chi connectivity index (χ1v) is 3.54. The van der Waals surface area contributed by atoms with E-state index >= 15 is 0 Å². The second-order valence-electron chi connectivity index (χ2n) is 2.77. The van der Waals surface area contributed by atoms with E-state index in [4.69, 9.17) is 0 Å².